The van der Waals surface area contributed by atoms with Crippen LogP contribution in [0.5, 0.6) is 0 Å². The van der Waals surface area contributed by atoms with Crippen molar-refractivity contribution >= 4 is 53.3 Å². The molecule has 11 heteroatoms. The van der Waals surface area contributed by atoms with Gasteiger partial charge in [-0.05, 0) is 36.4 Å². The van der Waals surface area contributed by atoms with Crippen LogP contribution in [0.3, 0.4) is 0 Å². The highest BCUT2D eigenvalue weighted by atomic mass is 35.5. The topological polar surface area (TPSA) is 87.6 Å². The fourth-order valence-corrected chi connectivity index (χ4v) is 7.18. The van der Waals surface area contributed by atoms with Crippen molar-refractivity contribution in [2.45, 2.75) is 14.3 Å². The summed E-state index contributed by atoms with van der Waals surface area (Å²) in [6.45, 7) is 2.44. The lowest BCUT2D eigenvalue weighted by atomic mass is 10.2. The maximum atomic E-state index is 13.3. The van der Waals surface area contributed by atoms with Gasteiger partial charge in [-0.2, -0.15) is 0 Å². The van der Waals surface area contributed by atoms with Crippen LogP contribution in [0, 0.1) is 0 Å². The SMILES string of the molecule is CS(=O)(=O)c1nc(S(=O)(=O)c2ccc(Cl)cc2)c(N2CCN(c3ccccc3)CC2)s1. The van der Waals surface area contributed by atoms with Crippen molar-refractivity contribution < 1.29 is 16.8 Å². The predicted molar refractivity (Wildman–Crippen MR) is 123 cm³/mol. The molecule has 1 aliphatic rings. The highest BCUT2D eigenvalue weighted by Gasteiger charge is 2.32. The number of para-hydroxylation sites is 1. The molecule has 0 saturated carbocycles. The van der Waals surface area contributed by atoms with E-state index in [2.05, 4.69) is 9.88 Å². The van der Waals surface area contributed by atoms with Crippen LogP contribution in [0.2, 0.25) is 5.02 Å². The Hall–Kier alpha value is -2.14. The zero-order valence-corrected chi connectivity index (χ0v) is 19.8. The van der Waals surface area contributed by atoms with Crippen molar-refractivity contribution in [2.75, 3.05) is 42.2 Å². The van der Waals surface area contributed by atoms with Crippen molar-refractivity contribution in [3.05, 3.63) is 59.6 Å². The molecule has 4 rings (SSSR count). The lowest BCUT2D eigenvalue weighted by Gasteiger charge is -2.36. The number of thiazole rings is 1. The van der Waals surface area contributed by atoms with E-state index in [1.165, 1.54) is 24.3 Å². The molecular weight excluding hydrogens is 478 g/mol. The molecule has 2 heterocycles. The second-order valence-electron chi connectivity index (χ2n) is 7.13. The molecule has 0 N–H and O–H groups in total. The summed E-state index contributed by atoms with van der Waals surface area (Å²) < 4.78 is 50.7. The molecule has 0 aliphatic carbocycles. The molecule has 31 heavy (non-hydrogen) atoms. The first-order valence-electron chi connectivity index (χ1n) is 9.43. The zero-order valence-electron chi connectivity index (χ0n) is 16.6. The van der Waals surface area contributed by atoms with Gasteiger partial charge < -0.3 is 9.80 Å². The maximum Gasteiger partial charge on any atom is 0.226 e. The monoisotopic (exact) mass is 497 g/mol. The van der Waals surface area contributed by atoms with Crippen LogP contribution in [0.4, 0.5) is 10.7 Å². The Morgan fingerprint density at radius 3 is 2.03 bits per heavy atom. The van der Waals surface area contributed by atoms with Crippen molar-refractivity contribution in [1.82, 2.24) is 4.98 Å². The summed E-state index contributed by atoms with van der Waals surface area (Å²) in [5.74, 6) is 0. The van der Waals surface area contributed by atoms with Gasteiger partial charge in [0.05, 0.1) is 4.90 Å². The second kappa shape index (κ2) is 8.42. The molecular formula is C20H20ClN3O4S3. The van der Waals surface area contributed by atoms with Crippen molar-refractivity contribution in [3.63, 3.8) is 0 Å². The number of aromatic nitrogens is 1. The molecule has 0 radical (unpaired) electrons. The predicted octanol–water partition coefficient (Wildman–Crippen LogP) is 3.36. The maximum absolute atomic E-state index is 13.3. The van der Waals surface area contributed by atoms with E-state index in [-0.39, 0.29) is 14.3 Å². The summed E-state index contributed by atoms with van der Waals surface area (Å²) in [6, 6.07) is 15.7. The number of hydrogen-bond donors (Lipinski definition) is 0. The second-order valence-corrected chi connectivity index (χ2v) is 12.6. The van der Waals surface area contributed by atoms with E-state index >= 15 is 0 Å². The van der Waals surface area contributed by atoms with Gasteiger partial charge in [-0.25, -0.2) is 21.8 Å². The molecule has 0 amide bonds. The molecule has 0 atom stereocenters. The number of anilines is 2. The lowest BCUT2D eigenvalue weighted by Crippen LogP contribution is -2.46. The molecule has 2 aromatic carbocycles. The summed E-state index contributed by atoms with van der Waals surface area (Å²) in [6.07, 6.45) is 1.03. The van der Waals surface area contributed by atoms with E-state index < -0.39 is 19.7 Å². The molecule has 0 unspecified atom stereocenters. The summed E-state index contributed by atoms with van der Waals surface area (Å²) in [5.41, 5.74) is 1.09. The van der Waals surface area contributed by atoms with Gasteiger partial charge in [0.15, 0.2) is 5.03 Å². The summed E-state index contributed by atoms with van der Waals surface area (Å²) >= 11 is 6.79. The van der Waals surface area contributed by atoms with E-state index in [0.29, 0.717) is 36.2 Å². The molecule has 7 nitrogen and oxygen atoms in total. The summed E-state index contributed by atoms with van der Waals surface area (Å²) in [4.78, 5) is 8.19. The minimum absolute atomic E-state index is 0.0198. The van der Waals surface area contributed by atoms with Gasteiger partial charge in [0.25, 0.3) is 0 Å². The largest absolute Gasteiger partial charge is 0.368 e. The van der Waals surface area contributed by atoms with Gasteiger partial charge in [0.1, 0.15) is 5.00 Å². The quantitative estimate of drug-likeness (QED) is 0.534. The number of halogens is 1. The van der Waals surface area contributed by atoms with Gasteiger partial charge in [0, 0.05) is 43.1 Å². The van der Waals surface area contributed by atoms with Gasteiger partial charge >= 0.3 is 0 Å². The van der Waals surface area contributed by atoms with Crippen LogP contribution < -0.4 is 9.80 Å². The number of piperazine rings is 1. The standard InChI is InChI=1S/C20H20ClN3O4S3/c1-30(25,26)20-22-18(31(27,28)17-9-7-15(21)8-10-17)19(29-20)24-13-11-23(12-14-24)16-5-3-2-4-6-16/h2-10H,11-14H2,1H3. The molecule has 0 spiro atoms. The molecule has 1 fully saturated rings. The number of nitrogens with zero attached hydrogens (tertiary/aromatic N) is 3. The number of sulfone groups is 2. The first kappa shape index (κ1) is 22.1. The molecule has 1 saturated heterocycles. The Morgan fingerprint density at radius 1 is 0.871 bits per heavy atom. The smallest absolute Gasteiger partial charge is 0.226 e. The number of hydrogen-bond acceptors (Lipinski definition) is 8. The lowest BCUT2D eigenvalue weighted by molar-refractivity contribution is 0.589. The van der Waals surface area contributed by atoms with E-state index in [1.807, 2.05) is 35.2 Å². The third-order valence-electron chi connectivity index (χ3n) is 4.94. The van der Waals surface area contributed by atoms with Crippen molar-refractivity contribution in [3.8, 4) is 0 Å². The average Bonchev–Trinajstić information content (AvgIpc) is 3.22. The normalized spacial score (nSPS) is 15.3. The van der Waals surface area contributed by atoms with Gasteiger partial charge in [-0.3, -0.25) is 0 Å². The third kappa shape index (κ3) is 4.57. The minimum Gasteiger partial charge on any atom is -0.368 e. The molecule has 1 aromatic heterocycles. The molecule has 0 bridgehead atoms. The van der Waals surface area contributed by atoms with E-state index in [9.17, 15) is 16.8 Å². The highest BCUT2D eigenvalue weighted by molar-refractivity contribution is 7.93. The van der Waals surface area contributed by atoms with Crippen molar-refractivity contribution in [2.24, 2.45) is 0 Å². The number of rotatable bonds is 5. The summed E-state index contributed by atoms with van der Waals surface area (Å²) in [5, 5.41) is 0.530. The Labute approximate surface area is 190 Å². The van der Waals surface area contributed by atoms with E-state index in [1.54, 1.807) is 0 Å². The third-order valence-corrected chi connectivity index (χ3v) is 9.81. The van der Waals surface area contributed by atoms with Crippen LogP contribution in [0.1, 0.15) is 0 Å². The van der Waals surface area contributed by atoms with Crippen LogP contribution in [0.25, 0.3) is 0 Å². The van der Waals surface area contributed by atoms with Crippen LogP contribution in [0.15, 0.2) is 68.9 Å². The molecule has 164 valence electrons. The van der Waals surface area contributed by atoms with E-state index in [4.69, 9.17) is 11.6 Å². The Morgan fingerprint density at radius 2 is 1.45 bits per heavy atom. The molecule has 3 aromatic rings. The van der Waals surface area contributed by atoms with Gasteiger partial charge in [0.2, 0.25) is 24.0 Å². The Bertz CT molecular complexity index is 1280. The first-order valence-corrected chi connectivity index (χ1v) is 14.0. The average molecular weight is 498 g/mol. The fraction of sp³-hybridized carbons (Fsp3) is 0.250. The van der Waals surface area contributed by atoms with Crippen molar-refractivity contribution in [1.29, 1.82) is 0 Å². The minimum atomic E-state index is -4.02. The van der Waals surface area contributed by atoms with E-state index in [0.717, 1.165) is 23.3 Å². The molecule has 1 aliphatic heterocycles. The Kier molecular flexibility index (Phi) is 5.99. The van der Waals surface area contributed by atoms with Crippen LogP contribution >= 0.6 is 22.9 Å². The fourth-order valence-electron chi connectivity index (χ4n) is 3.35. The number of benzene rings is 2. The Balaban J connectivity index is 1.69. The summed E-state index contributed by atoms with van der Waals surface area (Å²) in [7, 11) is -7.68. The van der Waals surface area contributed by atoms with Crippen LogP contribution in [-0.2, 0) is 19.7 Å². The van der Waals surface area contributed by atoms with Gasteiger partial charge in [-0.15, -0.1) is 0 Å². The van der Waals surface area contributed by atoms with Crippen LogP contribution in [-0.4, -0.2) is 54.3 Å². The zero-order chi connectivity index (χ0) is 22.2. The van der Waals surface area contributed by atoms with Gasteiger partial charge in [-0.1, -0.05) is 41.1 Å². The highest BCUT2D eigenvalue weighted by Crippen LogP contribution is 2.38. The first-order chi connectivity index (χ1) is 14.7.